The molecule has 0 fully saturated rings. The number of aryl methyl sites for hydroxylation is 1. The van der Waals surface area contributed by atoms with Gasteiger partial charge in [0.25, 0.3) is 5.91 Å². The normalized spacial score (nSPS) is 11.9. The van der Waals surface area contributed by atoms with Gasteiger partial charge in [0.15, 0.2) is 18.1 Å². The SMILES string of the molecule is CCC(OC(=O)c1cccc2ocnc12)C(=O)Nc1ccc(C)cn1. The summed E-state index contributed by atoms with van der Waals surface area (Å²) in [7, 11) is 0. The average molecular weight is 339 g/mol. The van der Waals surface area contributed by atoms with Crippen LogP contribution < -0.4 is 5.32 Å². The Labute approximate surface area is 144 Å². The van der Waals surface area contributed by atoms with Gasteiger partial charge in [-0.05, 0) is 37.1 Å². The highest BCUT2D eigenvalue weighted by Crippen LogP contribution is 2.19. The number of para-hydroxylation sites is 1. The second-order valence-corrected chi connectivity index (χ2v) is 5.52. The van der Waals surface area contributed by atoms with Gasteiger partial charge in [-0.1, -0.05) is 19.1 Å². The molecule has 1 amide bonds. The highest BCUT2D eigenvalue weighted by Gasteiger charge is 2.24. The number of hydrogen-bond donors (Lipinski definition) is 1. The van der Waals surface area contributed by atoms with Crippen molar-refractivity contribution < 1.29 is 18.7 Å². The van der Waals surface area contributed by atoms with Crippen molar-refractivity contribution in [1.82, 2.24) is 9.97 Å². The van der Waals surface area contributed by atoms with E-state index in [1.54, 1.807) is 37.4 Å². The van der Waals surface area contributed by atoms with E-state index in [9.17, 15) is 9.59 Å². The quantitative estimate of drug-likeness (QED) is 0.718. The molecule has 3 rings (SSSR count). The summed E-state index contributed by atoms with van der Waals surface area (Å²) < 4.78 is 10.5. The predicted octanol–water partition coefficient (Wildman–Crippen LogP) is 3.11. The first-order valence-electron chi connectivity index (χ1n) is 7.85. The monoisotopic (exact) mass is 339 g/mol. The summed E-state index contributed by atoms with van der Waals surface area (Å²) in [6.45, 7) is 3.66. The van der Waals surface area contributed by atoms with E-state index in [0.29, 0.717) is 23.3 Å². The first kappa shape index (κ1) is 16.6. The zero-order valence-electron chi connectivity index (χ0n) is 13.9. The van der Waals surface area contributed by atoms with Crippen molar-refractivity contribution >= 4 is 28.8 Å². The number of hydrogen-bond acceptors (Lipinski definition) is 6. The summed E-state index contributed by atoms with van der Waals surface area (Å²) >= 11 is 0. The Bertz CT molecular complexity index is 902. The second kappa shape index (κ2) is 7.12. The van der Waals surface area contributed by atoms with Gasteiger partial charge in [0.2, 0.25) is 0 Å². The molecular weight excluding hydrogens is 322 g/mol. The van der Waals surface area contributed by atoms with E-state index in [1.807, 2.05) is 13.0 Å². The Morgan fingerprint density at radius 2 is 2.08 bits per heavy atom. The van der Waals surface area contributed by atoms with Gasteiger partial charge < -0.3 is 14.5 Å². The van der Waals surface area contributed by atoms with Gasteiger partial charge in [-0.2, -0.15) is 0 Å². The minimum absolute atomic E-state index is 0.256. The lowest BCUT2D eigenvalue weighted by atomic mass is 10.2. The van der Waals surface area contributed by atoms with Crippen LogP contribution in [-0.2, 0) is 9.53 Å². The Hall–Kier alpha value is -3.22. The summed E-state index contributed by atoms with van der Waals surface area (Å²) in [5.41, 5.74) is 2.13. The lowest BCUT2D eigenvalue weighted by molar-refractivity contribution is -0.124. The summed E-state index contributed by atoms with van der Waals surface area (Å²) in [6, 6.07) is 8.48. The van der Waals surface area contributed by atoms with Crippen LogP contribution in [0.2, 0.25) is 0 Å². The van der Waals surface area contributed by atoms with Gasteiger partial charge in [-0.3, -0.25) is 4.79 Å². The molecule has 7 heteroatoms. The first-order chi connectivity index (χ1) is 12.1. The molecule has 0 aliphatic rings. The molecule has 2 aromatic heterocycles. The van der Waals surface area contributed by atoms with E-state index in [0.717, 1.165) is 5.56 Å². The van der Waals surface area contributed by atoms with Crippen LogP contribution in [-0.4, -0.2) is 27.9 Å². The van der Waals surface area contributed by atoms with Gasteiger partial charge in [0.05, 0.1) is 5.56 Å². The van der Waals surface area contributed by atoms with Crippen molar-refractivity contribution in [3.05, 3.63) is 54.0 Å². The number of pyridine rings is 1. The van der Waals surface area contributed by atoms with Gasteiger partial charge in [0, 0.05) is 6.20 Å². The Morgan fingerprint density at radius 3 is 2.80 bits per heavy atom. The van der Waals surface area contributed by atoms with Crippen molar-refractivity contribution in [3.8, 4) is 0 Å². The number of ether oxygens (including phenoxy) is 1. The maximum absolute atomic E-state index is 12.4. The Kier molecular flexibility index (Phi) is 4.74. The average Bonchev–Trinajstić information content (AvgIpc) is 3.10. The highest BCUT2D eigenvalue weighted by atomic mass is 16.5. The van der Waals surface area contributed by atoms with Crippen LogP contribution in [0.3, 0.4) is 0 Å². The third-order valence-electron chi connectivity index (χ3n) is 3.66. The molecular formula is C18H17N3O4. The van der Waals surface area contributed by atoms with Crippen LogP contribution in [0.4, 0.5) is 5.82 Å². The fourth-order valence-electron chi connectivity index (χ4n) is 2.31. The Balaban J connectivity index is 1.72. The number of rotatable bonds is 5. The predicted molar refractivity (Wildman–Crippen MR) is 91.1 cm³/mol. The number of benzene rings is 1. The van der Waals surface area contributed by atoms with Crippen LogP contribution in [0.1, 0.15) is 29.3 Å². The smallest absolute Gasteiger partial charge is 0.341 e. The molecule has 1 N–H and O–H groups in total. The number of anilines is 1. The summed E-state index contributed by atoms with van der Waals surface area (Å²) in [6.07, 6.45) is 2.30. The van der Waals surface area contributed by atoms with E-state index >= 15 is 0 Å². The summed E-state index contributed by atoms with van der Waals surface area (Å²) in [5.74, 6) is -0.651. The van der Waals surface area contributed by atoms with Gasteiger partial charge in [0.1, 0.15) is 11.3 Å². The third kappa shape index (κ3) is 3.65. The van der Waals surface area contributed by atoms with E-state index in [1.165, 1.54) is 6.39 Å². The van der Waals surface area contributed by atoms with E-state index < -0.39 is 18.0 Å². The van der Waals surface area contributed by atoms with Crippen LogP contribution in [0.5, 0.6) is 0 Å². The number of nitrogens with zero attached hydrogens (tertiary/aromatic N) is 2. The molecule has 25 heavy (non-hydrogen) atoms. The lowest BCUT2D eigenvalue weighted by Gasteiger charge is -2.16. The number of esters is 1. The molecule has 0 saturated carbocycles. The van der Waals surface area contributed by atoms with Crippen LogP contribution in [0.15, 0.2) is 47.3 Å². The summed E-state index contributed by atoms with van der Waals surface area (Å²) in [5, 5.41) is 2.65. The van der Waals surface area contributed by atoms with Crippen LogP contribution in [0.25, 0.3) is 11.1 Å². The molecule has 2 heterocycles. The topological polar surface area (TPSA) is 94.3 Å². The Morgan fingerprint density at radius 1 is 1.24 bits per heavy atom. The number of amides is 1. The fourth-order valence-corrected chi connectivity index (χ4v) is 2.31. The zero-order valence-corrected chi connectivity index (χ0v) is 13.9. The maximum atomic E-state index is 12.4. The number of fused-ring (bicyclic) bond motifs is 1. The van der Waals surface area contributed by atoms with Gasteiger partial charge >= 0.3 is 5.97 Å². The molecule has 0 bridgehead atoms. The van der Waals surface area contributed by atoms with Crippen LogP contribution >= 0.6 is 0 Å². The molecule has 128 valence electrons. The molecule has 3 aromatic rings. The summed E-state index contributed by atoms with van der Waals surface area (Å²) in [4.78, 5) is 32.9. The molecule has 1 unspecified atom stereocenters. The maximum Gasteiger partial charge on any atom is 0.341 e. The standard InChI is InChI=1S/C18H17N3O4/c1-3-13(17(22)21-15-8-7-11(2)9-19-15)25-18(23)12-5-4-6-14-16(12)20-10-24-14/h4-10,13H,3H2,1-2H3,(H,19,21,22). The second-order valence-electron chi connectivity index (χ2n) is 5.52. The van der Waals surface area contributed by atoms with E-state index in [2.05, 4.69) is 15.3 Å². The van der Waals surface area contributed by atoms with Gasteiger partial charge in [-0.25, -0.2) is 14.8 Å². The minimum Gasteiger partial charge on any atom is -0.449 e. The largest absolute Gasteiger partial charge is 0.449 e. The molecule has 7 nitrogen and oxygen atoms in total. The number of aromatic nitrogens is 2. The van der Waals surface area contributed by atoms with Crippen molar-refractivity contribution in [2.45, 2.75) is 26.4 Å². The zero-order chi connectivity index (χ0) is 17.8. The number of carbonyl (C=O) groups excluding carboxylic acids is 2. The minimum atomic E-state index is -0.933. The van der Waals surface area contributed by atoms with Crippen molar-refractivity contribution in [1.29, 1.82) is 0 Å². The van der Waals surface area contributed by atoms with Crippen molar-refractivity contribution in [2.24, 2.45) is 0 Å². The molecule has 1 aromatic carbocycles. The molecule has 0 spiro atoms. The lowest BCUT2D eigenvalue weighted by Crippen LogP contribution is -2.32. The van der Waals surface area contributed by atoms with Crippen LogP contribution in [0, 0.1) is 6.92 Å². The van der Waals surface area contributed by atoms with E-state index in [4.69, 9.17) is 9.15 Å². The van der Waals surface area contributed by atoms with Crippen molar-refractivity contribution in [3.63, 3.8) is 0 Å². The molecule has 0 saturated heterocycles. The molecule has 0 radical (unpaired) electrons. The molecule has 1 atom stereocenters. The number of carbonyl (C=O) groups is 2. The first-order valence-corrected chi connectivity index (χ1v) is 7.85. The number of oxazole rings is 1. The highest BCUT2D eigenvalue weighted by molar-refractivity contribution is 6.03. The van der Waals surface area contributed by atoms with Crippen molar-refractivity contribution in [2.75, 3.05) is 5.32 Å². The molecule has 0 aliphatic heterocycles. The number of nitrogens with one attached hydrogen (secondary N) is 1. The molecule has 0 aliphatic carbocycles. The fraction of sp³-hybridized carbons (Fsp3) is 0.222. The third-order valence-corrected chi connectivity index (χ3v) is 3.66. The van der Waals surface area contributed by atoms with Gasteiger partial charge in [-0.15, -0.1) is 0 Å². The van der Waals surface area contributed by atoms with E-state index in [-0.39, 0.29) is 5.56 Å².